The van der Waals surface area contributed by atoms with Crippen LogP contribution in [0.5, 0.6) is 0 Å². The number of nitrogens with two attached hydrogens (primary N) is 1. The van der Waals surface area contributed by atoms with E-state index in [0.717, 1.165) is 30.1 Å². The van der Waals surface area contributed by atoms with Crippen molar-refractivity contribution in [1.82, 2.24) is 4.98 Å². The molecule has 0 spiro atoms. The minimum absolute atomic E-state index is 0.113. The van der Waals surface area contributed by atoms with E-state index in [1.165, 1.54) is 12.8 Å². The molecule has 0 saturated heterocycles. The molecule has 18 heavy (non-hydrogen) atoms. The molecule has 100 valence electrons. The molecule has 1 aliphatic carbocycles. The average Bonchev–Trinajstić information content (AvgIpc) is 2.39. The minimum atomic E-state index is -0.113. The van der Waals surface area contributed by atoms with Crippen LogP contribution < -0.4 is 5.73 Å². The summed E-state index contributed by atoms with van der Waals surface area (Å²) in [4.78, 5) is 4.47. The van der Waals surface area contributed by atoms with Gasteiger partial charge in [-0.05, 0) is 50.7 Å². The van der Waals surface area contributed by atoms with Gasteiger partial charge in [-0.25, -0.2) is 0 Å². The molecule has 3 nitrogen and oxygen atoms in total. The molecular formula is C15H24N2O. The number of aromatic nitrogens is 1. The summed E-state index contributed by atoms with van der Waals surface area (Å²) in [5.41, 5.74) is 7.86. The molecule has 1 aromatic heterocycles. The van der Waals surface area contributed by atoms with Gasteiger partial charge in [0.05, 0.1) is 17.9 Å². The smallest absolute Gasteiger partial charge is 0.0896 e. The van der Waals surface area contributed by atoms with Crippen LogP contribution in [0.1, 0.15) is 44.0 Å². The normalized spacial score (nSPS) is 28.3. The van der Waals surface area contributed by atoms with Crippen molar-refractivity contribution in [1.29, 1.82) is 0 Å². The highest BCUT2D eigenvalue weighted by Gasteiger charge is 2.33. The van der Waals surface area contributed by atoms with E-state index in [2.05, 4.69) is 11.9 Å². The van der Waals surface area contributed by atoms with E-state index in [-0.39, 0.29) is 5.60 Å². The van der Waals surface area contributed by atoms with E-state index in [1.54, 1.807) is 0 Å². The zero-order chi connectivity index (χ0) is 13.0. The number of ether oxygens (including phenoxy) is 1. The van der Waals surface area contributed by atoms with Crippen LogP contribution in [0.25, 0.3) is 0 Å². The Kier molecular flexibility index (Phi) is 4.36. The highest BCUT2D eigenvalue weighted by Crippen LogP contribution is 2.34. The molecule has 1 heterocycles. The summed E-state index contributed by atoms with van der Waals surface area (Å²) < 4.78 is 6.12. The Balaban J connectivity index is 1.95. The first-order chi connectivity index (χ1) is 8.63. The maximum absolute atomic E-state index is 6.12. The second-order valence-electron chi connectivity index (χ2n) is 5.63. The second kappa shape index (κ2) is 5.81. The van der Waals surface area contributed by atoms with Gasteiger partial charge in [0, 0.05) is 12.2 Å². The fourth-order valence-electron chi connectivity index (χ4n) is 2.60. The first-order valence-electron chi connectivity index (χ1n) is 6.90. The summed E-state index contributed by atoms with van der Waals surface area (Å²) in [6, 6.07) is 6.05. The van der Waals surface area contributed by atoms with Crippen LogP contribution in [-0.2, 0) is 11.3 Å². The van der Waals surface area contributed by atoms with Crippen molar-refractivity contribution in [2.24, 2.45) is 11.7 Å². The number of rotatable bonds is 4. The Morgan fingerprint density at radius 2 is 2.11 bits per heavy atom. The quantitative estimate of drug-likeness (QED) is 0.891. The van der Waals surface area contributed by atoms with Crippen molar-refractivity contribution in [3.63, 3.8) is 0 Å². The van der Waals surface area contributed by atoms with E-state index >= 15 is 0 Å². The van der Waals surface area contributed by atoms with E-state index in [9.17, 15) is 0 Å². The van der Waals surface area contributed by atoms with Crippen LogP contribution in [0.4, 0.5) is 0 Å². The van der Waals surface area contributed by atoms with Crippen LogP contribution in [0.15, 0.2) is 18.2 Å². The Hall–Kier alpha value is -0.930. The summed E-state index contributed by atoms with van der Waals surface area (Å²) in [5, 5.41) is 0. The highest BCUT2D eigenvalue weighted by atomic mass is 16.5. The van der Waals surface area contributed by atoms with Gasteiger partial charge in [-0.3, -0.25) is 4.98 Å². The van der Waals surface area contributed by atoms with Gasteiger partial charge < -0.3 is 10.5 Å². The molecule has 2 N–H and O–H groups in total. The van der Waals surface area contributed by atoms with Crippen molar-refractivity contribution in [2.45, 2.75) is 51.7 Å². The molecule has 0 atom stereocenters. The molecule has 0 amide bonds. The molecular weight excluding hydrogens is 224 g/mol. The van der Waals surface area contributed by atoms with Crippen LogP contribution in [0.3, 0.4) is 0 Å². The third-order valence-corrected chi connectivity index (χ3v) is 4.03. The predicted molar refractivity (Wildman–Crippen MR) is 73.2 cm³/mol. The zero-order valence-corrected chi connectivity index (χ0v) is 11.5. The van der Waals surface area contributed by atoms with Crippen molar-refractivity contribution >= 4 is 0 Å². The molecule has 3 heteroatoms. The maximum atomic E-state index is 6.12. The Labute approximate surface area is 110 Å². The molecule has 0 radical (unpaired) electrons. The lowest BCUT2D eigenvalue weighted by Gasteiger charge is -2.38. The molecule has 0 unspecified atom stereocenters. The summed E-state index contributed by atoms with van der Waals surface area (Å²) in [6.45, 7) is 5.51. The minimum Gasteiger partial charge on any atom is -0.367 e. The zero-order valence-electron chi connectivity index (χ0n) is 11.5. The number of aryl methyl sites for hydroxylation is 1. The maximum Gasteiger partial charge on any atom is 0.0896 e. The predicted octanol–water partition coefficient (Wildman–Crippen LogP) is 2.81. The number of nitrogens with zero attached hydrogens (tertiary/aromatic N) is 1. The molecule has 0 bridgehead atoms. The highest BCUT2D eigenvalue weighted by molar-refractivity contribution is 5.09. The van der Waals surface area contributed by atoms with Gasteiger partial charge in [0.15, 0.2) is 0 Å². The molecule has 1 saturated carbocycles. The van der Waals surface area contributed by atoms with Gasteiger partial charge >= 0.3 is 0 Å². The molecule has 1 fully saturated rings. The van der Waals surface area contributed by atoms with Crippen LogP contribution >= 0.6 is 0 Å². The number of pyridine rings is 1. The first-order valence-corrected chi connectivity index (χ1v) is 6.90. The largest absolute Gasteiger partial charge is 0.367 e. The third kappa shape index (κ3) is 3.30. The van der Waals surface area contributed by atoms with Crippen molar-refractivity contribution in [3.05, 3.63) is 29.6 Å². The Morgan fingerprint density at radius 3 is 2.72 bits per heavy atom. The summed E-state index contributed by atoms with van der Waals surface area (Å²) in [5.74, 6) is 0.811. The summed E-state index contributed by atoms with van der Waals surface area (Å²) >= 11 is 0. The van der Waals surface area contributed by atoms with E-state index in [4.69, 9.17) is 10.5 Å². The lowest BCUT2D eigenvalue weighted by Crippen LogP contribution is -2.43. The summed E-state index contributed by atoms with van der Waals surface area (Å²) in [6.07, 6.45) is 4.60. The van der Waals surface area contributed by atoms with Crippen LogP contribution in [-0.4, -0.2) is 17.1 Å². The first kappa shape index (κ1) is 13.5. The van der Waals surface area contributed by atoms with Crippen LogP contribution in [0, 0.1) is 12.8 Å². The number of hydrogen-bond donors (Lipinski definition) is 1. The molecule has 1 aromatic rings. The van der Waals surface area contributed by atoms with E-state index in [1.807, 2.05) is 25.1 Å². The fourth-order valence-corrected chi connectivity index (χ4v) is 2.60. The van der Waals surface area contributed by atoms with Gasteiger partial charge in [-0.1, -0.05) is 13.0 Å². The Bertz CT molecular complexity index is 384. The molecule has 0 aromatic carbocycles. The Morgan fingerprint density at radius 1 is 1.39 bits per heavy atom. The van der Waals surface area contributed by atoms with Gasteiger partial charge in [-0.15, -0.1) is 0 Å². The lowest BCUT2D eigenvalue weighted by atomic mass is 9.79. The monoisotopic (exact) mass is 248 g/mol. The topological polar surface area (TPSA) is 48.1 Å². The standard InChI is InChI=1S/C15H24N2O/c1-12-6-8-15(11-16,9-7-12)18-10-14-5-3-4-13(2)17-14/h3-5,12H,6-11,16H2,1-2H3. The lowest BCUT2D eigenvalue weighted by molar-refractivity contribution is -0.0810. The van der Waals surface area contributed by atoms with E-state index < -0.39 is 0 Å². The van der Waals surface area contributed by atoms with Gasteiger partial charge in [-0.2, -0.15) is 0 Å². The van der Waals surface area contributed by atoms with E-state index in [0.29, 0.717) is 13.2 Å². The molecule has 0 aliphatic heterocycles. The van der Waals surface area contributed by atoms with Gasteiger partial charge in [0.2, 0.25) is 0 Å². The van der Waals surface area contributed by atoms with Gasteiger partial charge in [0.25, 0.3) is 0 Å². The number of hydrogen-bond acceptors (Lipinski definition) is 3. The van der Waals surface area contributed by atoms with Crippen molar-refractivity contribution < 1.29 is 4.74 Å². The van der Waals surface area contributed by atoms with Crippen molar-refractivity contribution in [3.8, 4) is 0 Å². The molecule has 1 aliphatic rings. The second-order valence-corrected chi connectivity index (χ2v) is 5.63. The van der Waals surface area contributed by atoms with Gasteiger partial charge in [0.1, 0.15) is 0 Å². The van der Waals surface area contributed by atoms with Crippen LogP contribution in [0.2, 0.25) is 0 Å². The average molecular weight is 248 g/mol. The fraction of sp³-hybridized carbons (Fsp3) is 0.667. The van der Waals surface area contributed by atoms with Crippen molar-refractivity contribution in [2.75, 3.05) is 6.54 Å². The SMILES string of the molecule is Cc1cccc(COC2(CN)CCC(C)CC2)n1. The molecule has 2 rings (SSSR count). The third-order valence-electron chi connectivity index (χ3n) is 4.03. The summed E-state index contributed by atoms with van der Waals surface area (Å²) in [7, 11) is 0.